The number of hydrogen-bond donors (Lipinski definition) is 3. The van der Waals surface area contributed by atoms with Crippen molar-refractivity contribution < 1.29 is 19.5 Å². The van der Waals surface area contributed by atoms with E-state index in [0.717, 1.165) is 5.56 Å². The van der Waals surface area contributed by atoms with Gasteiger partial charge in [0.2, 0.25) is 5.91 Å². The number of amides is 2. The Morgan fingerprint density at radius 1 is 1.00 bits per heavy atom. The van der Waals surface area contributed by atoms with Gasteiger partial charge in [-0.25, -0.2) is 0 Å². The molecule has 0 aliphatic carbocycles. The highest BCUT2D eigenvalue weighted by Crippen LogP contribution is 2.25. The van der Waals surface area contributed by atoms with E-state index in [9.17, 15) is 19.5 Å². The first-order valence-corrected chi connectivity index (χ1v) is 9.68. The Labute approximate surface area is 168 Å². The van der Waals surface area contributed by atoms with Gasteiger partial charge in [0, 0.05) is 11.5 Å². The summed E-state index contributed by atoms with van der Waals surface area (Å²) in [5.41, 5.74) is -0.109. The molecule has 1 aromatic rings. The number of rotatable bonds is 8. The van der Waals surface area contributed by atoms with E-state index >= 15 is 0 Å². The molecule has 0 spiro atoms. The molecule has 6 heteroatoms. The van der Waals surface area contributed by atoms with Gasteiger partial charge in [-0.1, -0.05) is 43.7 Å². The van der Waals surface area contributed by atoms with E-state index in [4.69, 9.17) is 0 Å². The van der Waals surface area contributed by atoms with Crippen LogP contribution in [0.2, 0.25) is 0 Å². The fourth-order valence-electron chi connectivity index (χ4n) is 3.02. The van der Waals surface area contributed by atoms with E-state index in [1.807, 2.05) is 65.8 Å². The van der Waals surface area contributed by atoms with Crippen molar-refractivity contribution in [2.45, 2.75) is 72.4 Å². The van der Waals surface area contributed by atoms with Crippen LogP contribution < -0.4 is 10.6 Å². The quantitative estimate of drug-likeness (QED) is 0.634. The highest BCUT2D eigenvalue weighted by molar-refractivity contribution is 5.94. The average molecular weight is 391 g/mol. The molecule has 0 bridgehead atoms. The number of benzene rings is 1. The molecule has 0 heterocycles. The molecule has 0 aromatic heterocycles. The molecule has 0 aliphatic heterocycles. The topological polar surface area (TPSA) is 95.5 Å². The van der Waals surface area contributed by atoms with Crippen LogP contribution in [0.1, 0.15) is 65.5 Å². The number of nitrogens with one attached hydrogen (secondary N) is 2. The van der Waals surface area contributed by atoms with Crippen LogP contribution in [0, 0.1) is 18.8 Å². The largest absolute Gasteiger partial charge is 0.481 e. The van der Waals surface area contributed by atoms with Crippen LogP contribution in [0.3, 0.4) is 0 Å². The second-order valence-electron chi connectivity index (χ2n) is 9.11. The molecule has 28 heavy (non-hydrogen) atoms. The molecule has 0 aliphatic rings. The Bertz CT molecular complexity index is 704. The van der Waals surface area contributed by atoms with Crippen molar-refractivity contribution in [1.82, 2.24) is 10.6 Å². The number of carbonyl (C=O) groups excluding carboxylic acids is 2. The van der Waals surface area contributed by atoms with Gasteiger partial charge in [0.1, 0.15) is 5.54 Å². The number of hydrogen-bond acceptors (Lipinski definition) is 3. The van der Waals surface area contributed by atoms with Gasteiger partial charge < -0.3 is 15.7 Å². The number of aliphatic carboxylic acids is 1. The molecule has 3 N–H and O–H groups in total. The minimum absolute atomic E-state index is 0.157. The monoisotopic (exact) mass is 390 g/mol. The van der Waals surface area contributed by atoms with Crippen molar-refractivity contribution in [3.8, 4) is 0 Å². The summed E-state index contributed by atoms with van der Waals surface area (Å²) in [7, 11) is 0. The summed E-state index contributed by atoms with van der Waals surface area (Å²) in [6.45, 7) is 13.1. The first-order chi connectivity index (χ1) is 12.7. The van der Waals surface area contributed by atoms with Gasteiger partial charge in [0.05, 0.1) is 6.42 Å². The lowest BCUT2D eigenvalue weighted by molar-refractivity contribution is -0.142. The maximum atomic E-state index is 13.1. The second kappa shape index (κ2) is 9.22. The molecular formula is C22H34N2O4. The lowest BCUT2D eigenvalue weighted by atomic mass is 9.87. The molecule has 0 saturated carbocycles. The Hall–Kier alpha value is -2.37. The fourth-order valence-corrected chi connectivity index (χ4v) is 3.02. The molecule has 2 unspecified atom stereocenters. The van der Waals surface area contributed by atoms with Gasteiger partial charge in [-0.05, 0) is 52.5 Å². The molecule has 2 amide bonds. The molecule has 0 radical (unpaired) electrons. The van der Waals surface area contributed by atoms with Gasteiger partial charge in [-0.3, -0.25) is 14.4 Å². The van der Waals surface area contributed by atoms with Gasteiger partial charge >= 0.3 is 5.97 Å². The molecule has 6 nitrogen and oxygen atoms in total. The Balaban J connectivity index is 3.26. The fraction of sp³-hybridized carbons (Fsp3) is 0.591. The van der Waals surface area contributed by atoms with Gasteiger partial charge in [-0.2, -0.15) is 0 Å². The van der Waals surface area contributed by atoms with E-state index in [1.54, 1.807) is 6.92 Å². The molecule has 1 aromatic carbocycles. The van der Waals surface area contributed by atoms with Crippen molar-refractivity contribution in [1.29, 1.82) is 0 Å². The summed E-state index contributed by atoms with van der Waals surface area (Å²) in [6, 6.07) is 7.39. The first kappa shape index (κ1) is 23.7. The van der Waals surface area contributed by atoms with Crippen LogP contribution in [-0.2, 0) is 19.9 Å². The minimum atomic E-state index is -1.31. The molecule has 0 fully saturated rings. The summed E-state index contributed by atoms with van der Waals surface area (Å²) in [5.74, 6) is -2.34. The lowest BCUT2D eigenvalue weighted by Gasteiger charge is -2.35. The van der Waals surface area contributed by atoms with Crippen LogP contribution >= 0.6 is 0 Å². The van der Waals surface area contributed by atoms with Gasteiger partial charge in [0.25, 0.3) is 5.91 Å². The molecule has 2 atom stereocenters. The Morgan fingerprint density at radius 3 is 1.96 bits per heavy atom. The van der Waals surface area contributed by atoms with E-state index in [2.05, 4.69) is 10.6 Å². The highest BCUT2D eigenvalue weighted by Gasteiger charge is 2.40. The number of carboxylic acid groups (broad SMARTS) is 1. The molecule has 1 rings (SSSR count). The molecule has 0 saturated heterocycles. The zero-order chi connectivity index (χ0) is 21.7. The van der Waals surface area contributed by atoms with Crippen molar-refractivity contribution in [3.05, 3.63) is 35.4 Å². The summed E-state index contributed by atoms with van der Waals surface area (Å²) >= 11 is 0. The minimum Gasteiger partial charge on any atom is -0.481 e. The van der Waals surface area contributed by atoms with E-state index in [-0.39, 0.29) is 18.2 Å². The van der Waals surface area contributed by atoms with Crippen LogP contribution in [0.25, 0.3) is 0 Å². The van der Waals surface area contributed by atoms with E-state index < -0.39 is 28.9 Å². The molecule has 156 valence electrons. The van der Waals surface area contributed by atoms with E-state index in [1.165, 1.54) is 0 Å². The number of carbonyl (C=O) groups is 3. The standard InChI is InChI=1S/C22H34N2O4/c1-14(2)12-16(13-18(25)26)19(27)23-22(7,20(28)24-21(4,5)6)17-10-8-15(3)9-11-17/h8-11,14,16H,12-13H2,1-7H3,(H,23,27)(H,24,28)(H,25,26). The highest BCUT2D eigenvalue weighted by atomic mass is 16.4. The summed E-state index contributed by atoms with van der Waals surface area (Å²) < 4.78 is 0. The Morgan fingerprint density at radius 2 is 1.54 bits per heavy atom. The molecular weight excluding hydrogens is 356 g/mol. The van der Waals surface area contributed by atoms with Crippen LogP contribution in [0.15, 0.2) is 24.3 Å². The third kappa shape index (κ3) is 6.98. The van der Waals surface area contributed by atoms with E-state index in [0.29, 0.717) is 12.0 Å². The zero-order valence-corrected chi connectivity index (χ0v) is 18.1. The third-order valence-corrected chi connectivity index (χ3v) is 4.49. The van der Waals surface area contributed by atoms with Crippen molar-refractivity contribution >= 4 is 17.8 Å². The maximum Gasteiger partial charge on any atom is 0.304 e. The predicted octanol–water partition coefficient (Wildman–Crippen LogP) is 3.38. The number of carboxylic acids is 1. The second-order valence-corrected chi connectivity index (χ2v) is 9.11. The summed E-state index contributed by atoms with van der Waals surface area (Å²) in [6.07, 6.45) is 0.165. The lowest BCUT2D eigenvalue weighted by Crippen LogP contribution is -2.59. The normalized spacial score (nSPS) is 14.9. The summed E-state index contributed by atoms with van der Waals surface area (Å²) in [4.78, 5) is 37.3. The van der Waals surface area contributed by atoms with Crippen LogP contribution in [0.5, 0.6) is 0 Å². The average Bonchev–Trinajstić information content (AvgIpc) is 2.52. The predicted molar refractivity (Wildman–Crippen MR) is 110 cm³/mol. The van der Waals surface area contributed by atoms with Crippen molar-refractivity contribution in [2.75, 3.05) is 0 Å². The van der Waals surface area contributed by atoms with Gasteiger partial charge in [0.15, 0.2) is 0 Å². The maximum absolute atomic E-state index is 13.1. The van der Waals surface area contributed by atoms with Crippen LogP contribution in [0.4, 0.5) is 0 Å². The Kier molecular flexibility index (Phi) is 7.79. The smallest absolute Gasteiger partial charge is 0.304 e. The van der Waals surface area contributed by atoms with Gasteiger partial charge in [-0.15, -0.1) is 0 Å². The third-order valence-electron chi connectivity index (χ3n) is 4.49. The number of aryl methyl sites for hydroxylation is 1. The zero-order valence-electron chi connectivity index (χ0n) is 18.1. The van der Waals surface area contributed by atoms with Crippen LogP contribution in [-0.4, -0.2) is 28.4 Å². The SMILES string of the molecule is Cc1ccc(C(C)(NC(=O)C(CC(=O)O)CC(C)C)C(=O)NC(C)(C)C)cc1. The van der Waals surface area contributed by atoms with Crippen molar-refractivity contribution in [2.24, 2.45) is 11.8 Å². The van der Waals surface area contributed by atoms with Crippen molar-refractivity contribution in [3.63, 3.8) is 0 Å². The summed E-state index contributed by atoms with van der Waals surface area (Å²) in [5, 5.41) is 15.0. The first-order valence-electron chi connectivity index (χ1n) is 9.68.